The fourth-order valence-corrected chi connectivity index (χ4v) is 7.07. The molecule has 0 aromatic heterocycles. The van der Waals surface area contributed by atoms with Crippen LogP contribution in [0.3, 0.4) is 0 Å². The summed E-state index contributed by atoms with van der Waals surface area (Å²) in [5.74, 6) is 0.462. The van der Waals surface area contributed by atoms with Gasteiger partial charge in [-0.2, -0.15) is 5.26 Å². The third kappa shape index (κ3) is 2.70. The smallest absolute Gasteiger partial charge is 0.242 e. The van der Waals surface area contributed by atoms with Gasteiger partial charge in [0.2, 0.25) is 11.8 Å². The van der Waals surface area contributed by atoms with Crippen LogP contribution in [0.1, 0.15) is 36.4 Å². The van der Waals surface area contributed by atoms with Crippen molar-refractivity contribution in [2.75, 3.05) is 13.1 Å². The van der Waals surface area contributed by atoms with Crippen molar-refractivity contribution in [2.45, 2.75) is 55.5 Å². The zero-order chi connectivity index (χ0) is 23.1. The van der Waals surface area contributed by atoms with Crippen molar-refractivity contribution in [3.63, 3.8) is 0 Å². The van der Waals surface area contributed by atoms with Gasteiger partial charge in [0.05, 0.1) is 24.2 Å². The summed E-state index contributed by atoms with van der Waals surface area (Å²) in [4.78, 5) is 32.7. The Bertz CT molecular complexity index is 1210. The Morgan fingerprint density at radius 2 is 1.74 bits per heavy atom. The lowest BCUT2D eigenvalue weighted by Crippen LogP contribution is -2.57. The quantitative estimate of drug-likeness (QED) is 0.763. The Kier molecular flexibility index (Phi) is 4.24. The predicted octanol–water partition coefficient (Wildman–Crippen LogP) is 1.88. The second-order valence-electron chi connectivity index (χ2n) is 10.5. The molecule has 3 heterocycles. The number of piperidine rings is 1. The molecule has 0 spiro atoms. The summed E-state index contributed by atoms with van der Waals surface area (Å²) in [5, 5.41) is 9.44. The maximum atomic E-state index is 13.7. The van der Waals surface area contributed by atoms with Crippen LogP contribution in [0.5, 0.6) is 0 Å². The van der Waals surface area contributed by atoms with Gasteiger partial charge in [-0.05, 0) is 47.4 Å². The second-order valence-corrected chi connectivity index (χ2v) is 10.5. The molecule has 2 aromatic rings. The van der Waals surface area contributed by atoms with Crippen molar-refractivity contribution in [3.05, 3.63) is 59.7 Å². The molecular formula is C27H27N5O2. The third-order valence-electron chi connectivity index (χ3n) is 8.65. The van der Waals surface area contributed by atoms with E-state index in [0.717, 1.165) is 25.8 Å². The molecule has 0 radical (unpaired) electrons. The van der Waals surface area contributed by atoms with E-state index in [-0.39, 0.29) is 42.0 Å². The van der Waals surface area contributed by atoms with E-state index in [4.69, 9.17) is 5.73 Å². The number of carbonyl (C=O) groups is 2. The average molecular weight is 454 g/mol. The number of benzene rings is 2. The van der Waals surface area contributed by atoms with Gasteiger partial charge in [0, 0.05) is 25.2 Å². The summed E-state index contributed by atoms with van der Waals surface area (Å²) in [6.45, 7) is 1.09. The summed E-state index contributed by atoms with van der Waals surface area (Å²) in [7, 11) is 0. The first-order valence-corrected chi connectivity index (χ1v) is 12.3. The number of carbonyl (C=O) groups excluding carboxylic acids is 2. The van der Waals surface area contributed by atoms with Crippen molar-refractivity contribution in [2.24, 2.45) is 11.7 Å². The number of hydrogen-bond acceptors (Lipinski definition) is 5. The molecule has 3 saturated heterocycles. The number of fused-ring (bicyclic) bond motifs is 6. The monoisotopic (exact) mass is 453 g/mol. The van der Waals surface area contributed by atoms with Crippen LogP contribution in [-0.4, -0.2) is 69.8 Å². The predicted molar refractivity (Wildman–Crippen MR) is 125 cm³/mol. The second kappa shape index (κ2) is 7.14. The number of nitriles is 1. The van der Waals surface area contributed by atoms with E-state index in [0.29, 0.717) is 12.5 Å². The number of rotatable bonds is 4. The molecule has 1 unspecified atom stereocenters. The van der Waals surface area contributed by atoms with Crippen LogP contribution in [0.25, 0.3) is 11.1 Å². The Balaban J connectivity index is 1.10. The lowest BCUT2D eigenvalue weighted by atomic mass is 10.0. The van der Waals surface area contributed by atoms with Crippen LogP contribution in [0, 0.1) is 17.2 Å². The van der Waals surface area contributed by atoms with Gasteiger partial charge in [0.15, 0.2) is 0 Å². The van der Waals surface area contributed by atoms with Gasteiger partial charge in [0.25, 0.3) is 0 Å². The van der Waals surface area contributed by atoms with Gasteiger partial charge in [0.1, 0.15) is 6.04 Å². The Morgan fingerprint density at radius 3 is 2.38 bits per heavy atom. The minimum atomic E-state index is -0.705. The zero-order valence-corrected chi connectivity index (χ0v) is 18.9. The molecule has 2 aliphatic carbocycles. The highest BCUT2D eigenvalue weighted by Gasteiger charge is 2.56. The van der Waals surface area contributed by atoms with Crippen LogP contribution in [0.15, 0.2) is 48.5 Å². The molecule has 1 saturated carbocycles. The van der Waals surface area contributed by atoms with Gasteiger partial charge in [-0.3, -0.25) is 14.5 Å². The maximum Gasteiger partial charge on any atom is 0.242 e. The Hall–Kier alpha value is -3.21. The molecule has 2 bridgehead atoms. The molecule has 2 aromatic carbocycles. The van der Waals surface area contributed by atoms with Crippen molar-refractivity contribution in [1.29, 1.82) is 5.26 Å². The Labute approximate surface area is 198 Å². The van der Waals surface area contributed by atoms with Crippen LogP contribution in [0.4, 0.5) is 0 Å². The number of amides is 2. The van der Waals surface area contributed by atoms with Gasteiger partial charge < -0.3 is 15.5 Å². The summed E-state index contributed by atoms with van der Waals surface area (Å²) < 4.78 is 0. The molecule has 7 heteroatoms. The van der Waals surface area contributed by atoms with Crippen LogP contribution < -0.4 is 5.73 Å². The lowest BCUT2D eigenvalue weighted by molar-refractivity contribution is -0.140. The van der Waals surface area contributed by atoms with Gasteiger partial charge in [-0.15, -0.1) is 0 Å². The highest BCUT2D eigenvalue weighted by molar-refractivity contribution is 5.89. The number of piperazine rings is 1. The number of hydrogen-bond donors (Lipinski definition) is 1. The summed E-state index contributed by atoms with van der Waals surface area (Å²) in [6.07, 6.45) is 2.53. The highest BCUT2D eigenvalue weighted by atomic mass is 16.2. The highest BCUT2D eigenvalue weighted by Crippen LogP contribution is 2.50. The van der Waals surface area contributed by atoms with Crippen LogP contribution in [0.2, 0.25) is 0 Å². The molecule has 3 aliphatic heterocycles. The van der Waals surface area contributed by atoms with E-state index in [1.165, 1.54) is 22.3 Å². The van der Waals surface area contributed by atoms with E-state index in [2.05, 4.69) is 52.3 Å². The fourth-order valence-electron chi connectivity index (χ4n) is 7.07. The lowest BCUT2D eigenvalue weighted by Gasteiger charge is -2.39. The molecule has 5 aliphatic rings. The molecule has 7 nitrogen and oxygen atoms in total. The minimum Gasteiger partial charge on any atom is -0.326 e. The first kappa shape index (κ1) is 20.2. The van der Waals surface area contributed by atoms with E-state index < -0.39 is 6.04 Å². The molecule has 7 rings (SSSR count). The van der Waals surface area contributed by atoms with Gasteiger partial charge in [-0.25, -0.2) is 0 Å². The van der Waals surface area contributed by atoms with E-state index in [9.17, 15) is 14.9 Å². The Morgan fingerprint density at radius 1 is 1.06 bits per heavy atom. The maximum absolute atomic E-state index is 13.7. The molecule has 172 valence electrons. The van der Waals surface area contributed by atoms with E-state index in [1.54, 1.807) is 4.90 Å². The molecular weight excluding hydrogens is 426 g/mol. The molecule has 34 heavy (non-hydrogen) atoms. The van der Waals surface area contributed by atoms with Gasteiger partial charge >= 0.3 is 0 Å². The zero-order valence-electron chi connectivity index (χ0n) is 18.9. The molecule has 4 fully saturated rings. The largest absolute Gasteiger partial charge is 0.326 e. The average Bonchev–Trinajstić information content (AvgIpc) is 3.15. The van der Waals surface area contributed by atoms with Crippen molar-refractivity contribution >= 4 is 11.8 Å². The van der Waals surface area contributed by atoms with Crippen molar-refractivity contribution < 1.29 is 9.59 Å². The standard InChI is InChI=1S/C27H27N5O2/c28-12-16-9-15-10-23(15)31(16)26(33)22(29)14-30-13-17-11-24(30)27(34)32(17)25-20-7-3-1-5-18(20)19-6-2-4-8-21(19)25/h1-8,15-17,22-25H,9-11,13-14,29H2/t15-,16+,17-,22+,23?,24-/m1/s1. The first-order chi connectivity index (χ1) is 16.6. The number of nitrogens with two attached hydrogens (primary N) is 1. The topological polar surface area (TPSA) is 93.7 Å². The van der Waals surface area contributed by atoms with E-state index in [1.807, 2.05) is 12.1 Å². The summed E-state index contributed by atoms with van der Waals surface area (Å²) in [5.41, 5.74) is 11.2. The van der Waals surface area contributed by atoms with Crippen LogP contribution in [-0.2, 0) is 9.59 Å². The molecule has 2 amide bonds. The normalized spacial score (nSPS) is 31.9. The summed E-state index contributed by atoms with van der Waals surface area (Å²) in [6, 6.07) is 18.0. The van der Waals surface area contributed by atoms with E-state index >= 15 is 0 Å². The van der Waals surface area contributed by atoms with Crippen molar-refractivity contribution in [3.8, 4) is 17.2 Å². The van der Waals surface area contributed by atoms with Crippen LogP contribution >= 0.6 is 0 Å². The first-order valence-electron chi connectivity index (χ1n) is 12.3. The number of nitrogens with zero attached hydrogens (tertiary/aromatic N) is 4. The minimum absolute atomic E-state index is 0.0554. The summed E-state index contributed by atoms with van der Waals surface area (Å²) >= 11 is 0. The molecule has 2 N–H and O–H groups in total. The van der Waals surface area contributed by atoms with Gasteiger partial charge in [-0.1, -0.05) is 48.5 Å². The SMILES string of the molecule is N#C[C@@H]1C[C@@H]2CC2N1C(=O)[C@@H](N)CN1C[C@H]2C[C@@H]1C(=O)N2C1c2ccccc2-c2ccccc21. The molecule has 6 atom stereocenters. The fraction of sp³-hybridized carbons (Fsp3) is 0.444. The third-order valence-corrected chi connectivity index (χ3v) is 8.65. The van der Waals surface area contributed by atoms with Crippen molar-refractivity contribution in [1.82, 2.24) is 14.7 Å². The number of likely N-dealkylation sites (tertiary alicyclic amines) is 3.